The van der Waals surface area contributed by atoms with Crippen molar-refractivity contribution in [2.75, 3.05) is 26.2 Å². The summed E-state index contributed by atoms with van der Waals surface area (Å²) in [5.74, 6) is -0.674. The highest BCUT2D eigenvalue weighted by atomic mass is 32.2. The zero-order valence-corrected chi connectivity index (χ0v) is 25.1. The molecular weight excluding hydrogens is 562 g/mol. The summed E-state index contributed by atoms with van der Waals surface area (Å²) in [6.07, 6.45) is 3.88. The Morgan fingerprint density at radius 1 is 1.00 bits per heavy atom. The maximum absolute atomic E-state index is 13.5. The molecule has 3 aromatic carbocycles. The van der Waals surface area contributed by atoms with Crippen molar-refractivity contribution < 1.29 is 18.3 Å². The first-order valence-corrected chi connectivity index (χ1v) is 16.4. The molecule has 0 saturated carbocycles. The van der Waals surface area contributed by atoms with Crippen molar-refractivity contribution in [1.29, 1.82) is 0 Å². The summed E-state index contributed by atoms with van der Waals surface area (Å²) in [7, 11) is -3.85. The number of hydrogen-bond acceptors (Lipinski definition) is 7. The third-order valence-electron chi connectivity index (χ3n) is 8.27. The van der Waals surface area contributed by atoms with Crippen molar-refractivity contribution in [3.05, 3.63) is 89.5 Å². The van der Waals surface area contributed by atoms with Gasteiger partial charge in [0.05, 0.1) is 27.4 Å². The fourth-order valence-corrected chi connectivity index (χ4v) is 7.40. The Balaban J connectivity index is 1.46. The molecule has 0 amide bonds. The number of aromatic nitrogens is 1. The molecular formula is C33H37N5O4S. The summed E-state index contributed by atoms with van der Waals surface area (Å²) >= 11 is 0. The standard InChI is InChI=1S/C33H37N5O4S/c1-23(39)38-30-14-13-28(43(41,42)36-27-15-17-34-18-16-27)21-29(30)31(33(38)40)32(25-7-3-2-4-8-25)35-26-11-9-24(10-12-26)22-37-19-5-6-20-37/h2-4,7-14,21,27,34,36,40H,5-6,15-20,22H2,1H3. The Morgan fingerprint density at radius 2 is 1.70 bits per heavy atom. The normalized spacial score (nSPS) is 17.1. The molecule has 10 heteroatoms. The van der Waals surface area contributed by atoms with Crippen LogP contribution in [-0.4, -0.2) is 66.8 Å². The summed E-state index contributed by atoms with van der Waals surface area (Å²) in [5, 5.41) is 15.2. The van der Waals surface area contributed by atoms with E-state index in [-0.39, 0.29) is 16.8 Å². The molecule has 2 saturated heterocycles. The van der Waals surface area contributed by atoms with Crippen LogP contribution >= 0.6 is 0 Å². The van der Waals surface area contributed by atoms with Crippen LogP contribution in [-0.2, 0) is 16.6 Å². The zero-order chi connectivity index (χ0) is 30.0. The summed E-state index contributed by atoms with van der Waals surface area (Å²) in [4.78, 5) is 20.3. The van der Waals surface area contributed by atoms with E-state index in [0.29, 0.717) is 40.7 Å². The first kappa shape index (κ1) is 29.3. The molecule has 43 heavy (non-hydrogen) atoms. The lowest BCUT2D eigenvalue weighted by Crippen LogP contribution is -2.42. The van der Waals surface area contributed by atoms with Crippen LogP contribution in [0.5, 0.6) is 5.88 Å². The van der Waals surface area contributed by atoms with Crippen molar-refractivity contribution in [2.24, 2.45) is 4.99 Å². The van der Waals surface area contributed by atoms with E-state index in [1.165, 1.54) is 42.0 Å². The second-order valence-corrected chi connectivity index (χ2v) is 13.1. The maximum atomic E-state index is 13.5. The number of piperidine rings is 1. The van der Waals surface area contributed by atoms with Crippen molar-refractivity contribution in [2.45, 2.75) is 50.1 Å². The number of aliphatic imine (C=N–C) groups is 1. The quantitative estimate of drug-likeness (QED) is 0.251. The van der Waals surface area contributed by atoms with E-state index in [0.717, 1.165) is 38.3 Å². The molecule has 2 aliphatic rings. The second kappa shape index (κ2) is 12.4. The maximum Gasteiger partial charge on any atom is 0.240 e. The molecule has 3 N–H and O–H groups in total. The molecule has 0 bridgehead atoms. The van der Waals surface area contributed by atoms with Gasteiger partial charge in [-0.25, -0.2) is 18.1 Å². The topological polar surface area (TPSA) is 116 Å². The van der Waals surface area contributed by atoms with Crippen molar-refractivity contribution in [3.8, 4) is 5.88 Å². The van der Waals surface area contributed by atoms with E-state index in [1.807, 2.05) is 42.5 Å². The average Bonchev–Trinajstić information content (AvgIpc) is 3.62. The van der Waals surface area contributed by atoms with Crippen LogP contribution < -0.4 is 10.0 Å². The van der Waals surface area contributed by atoms with Gasteiger partial charge in [0.2, 0.25) is 21.8 Å². The highest BCUT2D eigenvalue weighted by molar-refractivity contribution is 7.89. The fraction of sp³-hybridized carbons (Fsp3) is 0.333. The molecule has 4 aromatic rings. The molecule has 2 fully saturated rings. The number of aromatic hydroxyl groups is 1. The highest BCUT2D eigenvalue weighted by Gasteiger charge is 2.27. The Bertz CT molecular complexity index is 1750. The monoisotopic (exact) mass is 599 g/mol. The van der Waals surface area contributed by atoms with Crippen molar-refractivity contribution >= 4 is 38.2 Å². The van der Waals surface area contributed by atoms with Gasteiger partial charge < -0.3 is 10.4 Å². The molecule has 0 radical (unpaired) electrons. The number of rotatable bonds is 8. The van der Waals surface area contributed by atoms with E-state index in [2.05, 4.69) is 27.1 Å². The molecule has 0 unspecified atom stereocenters. The van der Waals surface area contributed by atoms with Crippen LogP contribution in [0.3, 0.4) is 0 Å². The zero-order valence-electron chi connectivity index (χ0n) is 24.3. The molecule has 6 rings (SSSR count). The number of hydrogen-bond donors (Lipinski definition) is 3. The lowest BCUT2D eigenvalue weighted by Gasteiger charge is -2.23. The van der Waals surface area contributed by atoms with E-state index < -0.39 is 15.9 Å². The lowest BCUT2D eigenvalue weighted by atomic mass is 10.0. The molecule has 224 valence electrons. The average molecular weight is 600 g/mol. The highest BCUT2D eigenvalue weighted by Crippen LogP contribution is 2.36. The van der Waals surface area contributed by atoms with Crippen LogP contribution in [0.4, 0.5) is 5.69 Å². The van der Waals surface area contributed by atoms with Gasteiger partial charge in [0.15, 0.2) is 0 Å². The Kier molecular flexibility index (Phi) is 8.45. The number of nitrogens with one attached hydrogen (secondary N) is 2. The third kappa shape index (κ3) is 6.28. The summed E-state index contributed by atoms with van der Waals surface area (Å²) in [6, 6.07) is 21.9. The minimum atomic E-state index is -3.85. The molecule has 1 aromatic heterocycles. The number of fused-ring (bicyclic) bond motifs is 1. The number of carbonyl (C=O) groups is 1. The van der Waals surface area contributed by atoms with Gasteiger partial charge in [-0.1, -0.05) is 42.5 Å². The van der Waals surface area contributed by atoms with E-state index in [1.54, 1.807) is 6.07 Å². The Morgan fingerprint density at radius 3 is 2.37 bits per heavy atom. The van der Waals surface area contributed by atoms with Crippen LogP contribution in [0.2, 0.25) is 0 Å². The first-order valence-electron chi connectivity index (χ1n) is 14.9. The van der Waals surface area contributed by atoms with Crippen LogP contribution in [0.1, 0.15) is 54.1 Å². The van der Waals surface area contributed by atoms with E-state index in [4.69, 9.17) is 4.99 Å². The lowest BCUT2D eigenvalue weighted by molar-refractivity contribution is 0.0933. The van der Waals surface area contributed by atoms with Gasteiger partial charge in [-0.3, -0.25) is 14.3 Å². The van der Waals surface area contributed by atoms with Gasteiger partial charge in [0.25, 0.3) is 0 Å². The molecule has 3 heterocycles. The van der Waals surface area contributed by atoms with Gasteiger partial charge in [-0.05, 0) is 87.8 Å². The fourth-order valence-electron chi connectivity index (χ4n) is 6.07. The van der Waals surface area contributed by atoms with Crippen molar-refractivity contribution in [3.63, 3.8) is 0 Å². The molecule has 2 aliphatic heterocycles. The minimum Gasteiger partial charge on any atom is -0.494 e. The summed E-state index contributed by atoms with van der Waals surface area (Å²) in [5.41, 5.74) is 3.76. The minimum absolute atomic E-state index is 0.0687. The van der Waals surface area contributed by atoms with Crippen LogP contribution in [0, 0.1) is 0 Å². The Hall–Kier alpha value is -3.83. The van der Waals surface area contributed by atoms with Gasteiger partial charge in [-0.15, -0.1) is 0 Å². The predicted octanol–water partition coefficient (Wildman–Crippen LogP) is 4.80. The number of nitrogens with zero attached hydrogens (tertiary/aromatic N) is 3. The third-order valence-corrected chi connectivity index (χ3v) is 9.78. The van der Waals surface area contributed by atoms with Gasteiger partial charge >= 0.3 is 0 Å². The summed E-state index contributed by atoms with van der Waals surface area (Å²) in [6.45, 7) is 5.99. The Labute approximate surface area is 252 Å². The molecule has 0 atom stereocenters. The van der Waals surface area contributed by atoms with Crippen molar-refractivity contribution in [1.82, 2.24) is 19.5 Å². The number of carbonyl (C=O) groups excluding carboxylic acids is 1. The predicted molar refractivity (Wildman–Crippen MR) is 169 cm³/mol. The summed E-state index contributed by atoms with van der Waals surface area (Å²) < 4.78 is 31.0. The first-order chi connectivity index (χ1) is 20.8. The molecule has 0 aliphatic carbocycles. The largest absolute Gasteiger partial charge is 0.494 e. The SMILES string of the molecule is CC(=O)n1c(O)c(C(=Nc2ccc(CN3CCCC3)cc2)c2ccccc2)c2cc(S(=O)(=O)NC3CCNCC3)ccc21. The van der Waals surface area contributed by atoms with Crippen LogP contribution in [0.25, 0.3) is 10.9 Å². The van der Waals surface area contributed by atoms with E-state index >= 15 is 0 Å². The van der Waals surface area contributed by atoms with Crippen LogP contribution in [0.15, 0.2) is 82.7 Å². The number of likely N-dealkylation sites (tertiary alicyclic amines) is 1. The smallest absolute Gasteiger partial charge is 0.240 e. The van der Waals surface area contributed by atoms with Gasteiger partial charge in [-0.2, -0.15) is 0 Å². The number of sulfonamides is 1. The van der Waals surface area contributed by atoms with Gasteiger partial charge in [0.1, 0.15) is 0 Å². The van der Waals surface area contributed by atoms with Gasteiger partial charge in [0, 0.05) is 30.5 Å². The van der Waals surface area contributed by atoms with E-state index in [9.17, 15) is 18.3 Å². The second-order valence-electron chi connectivity index (χ2n) is 11.4. The number of benzene rings is 3. The molecule has 9 nitrogen and oxygen atoms in total. The molecule has 0 spiro atoms.